The number of aromatic nitrogens is 5. The molecule has 1 amide bonds. The summed E-state index contributed by atoms with van der Waals surface area (Å²) in [5.74, 6) is 0.764. The average Bonchev–Trinajstić information content (AvgIpc) is 3.30. The van der Waals surface area contributed by atoms with Crippen molar-refractivity contribution in [3.8, 4) is 34.0 Å². The Labute approximate surface area is 174 Å². The number of rotatable bonds is 10. The number of hydrogen-bond acceptors (Lipinski definition) is 7. The summed E-state index contributed by atoms with van der Waals surface area (Å²) in [6.45, 7) is 2.76. The molecule has 2 aromatic heterocycles. The summed E-state index contributed by atoms with van der Waals surface area (Å²) in [5.41, 5.74) is 1.76. The van der Waals surface area contributed by atoms with Gasteiger partial charge >= 0.3 is 6.09 Å². The number of carbonyl (C=O) groups excluding carboxylic acids is 1. The zero-order valence-corrected chi connectivity index (χ0v) is 17.0. The molecule has 0 saturated carbocycles. The number of pyridine rings is 1. The first-order valence-corrected chi connectivity index (χ1v) is 10.2. The number of ether oxygens (including phenoxy) is 1. The van der Waals surface area contributed by atoms with Gasteiger partial charge in [0.25, 0.3) is 0 Å². The molecule has 0 atom stereocenters. The summed E-state index contributed by atoms with van der Waals surface area (Å²) in [7, 11) is 0. The van der Waals surface area contributed by atoms with E-state index in [0.29, 0.717) is 34.8 Å². The number of hydrogen-bond donors (Lipinski definition) is 3. The summed E-state index contributed by atoms with van der Waals surface area (Å²) in [6.07, 6.45) is 9.59. The van der Waals surface area contributed by atoms with Gasteiger partial charge in [-0.05, 0) is 35.9 Å². The van der Waals surface area contributed by atoms with Crippen molar-refractivity contribution in [2.45, 2.75) is 45.4 Å². The maximum atomic E-state index is 12.1. The highest BCUT2D eigenvalue weighted by molar-refractivity contribution is 5.76. The van der Waals surface area contributed by atoms with Crippen LogP contribution in [0.25, 0.3) is 22.5 Å². The Balaban J connectivity index is 1.59. The third kappa shape index (κ3) is 6.00. The molecule has 9 nitrogen and oxygen atoms in total. The summed E-state index contributed by atoms with van der Waals surface area (Å²) < 4.78 is 5.36. The molecular formula is C21H26N6O3. The average molecular weight is 410 g/mol. The summed E-state index contributed by atoms with van der Waals surface area (Å²) in [5, 5.41) is 26.8. The molecule has 3 rings (SSSR count). The molecule has 2 heterocycles. The molecule has 0 aliphatic carbocycles. The number of H-pyrrole nitrogens is 1. The van der Waals surface area contributed by atoms with Crippen molar-refractivity contribution in [3.63, 3.8) is 0 Å². The van der Waals surface area contributed by atoms with Gasteiger partial charge in [0, 0.05) is 35.6 Å². The van der Waals surface area contributed by atoms with Crippen LogP contribution in [0, 0.1) is 0 Å². The van der Waals surface area contributed by atoms with Crippen molar-refractivity contribution in [1.82, 2.24) is 30.9 Å². The highest BCUT2D eigenvalue weighted by Crippen LogP contribution is 2.33. The molecule has 1 aromatic carbocycles. The third-order valence-electron chi connectivity index (χ3n) is 4.63. The van der Waals surface area contributed by atoms with Gasteiger partial charge in [0.05, 0.1) is 0 Å². The lowest BCUT2D eigenvalue weighted by Crippen LogP contribution is -2.27. The van der Waals surface area contributed by atoms with Gasteiger partial charge in [-0.15, -0.1) is 10.2 Å². The summed E-state index contributed by atoms with van der Waals surface area (Å²) in [6, 6.07) is 6.39. The van der Waals surface area contributed by atoms with Gasteiger partial charge in [0.15, 0.2) is 0 Å². The Hall–Kier alpha value is -3.49. The van der Waals surface area contributed by atoms with Gasteiger partial charge in [0.1, 0.15) is 11.5 Å². The van der Waals surface area contributed by atoms with Crippen LogP contribution < -0.4 is 10.1 Å². The van der Waals surface area contributed by atoms with Crippen LogP contribution in [0.5, 0.6) is 11.5 Å². The first-order chi connectivity index (χ1) is 14.7. The summed E-state index contributed by atoms with van der Waals surface area (Å²) in [4.78, 5) is 16.2. The molecule has 0 aliphatic rings. The highest BCUT2D eigenvalue weighted by atomic mass is 16.6. The molecule has 0 bridgehead atoms. The van der Waals surface area contributed by atoms with E-state index < -0.39 is 6.09 Å². The number of phenols is 1. The van der Waals surface area contributed by atoms with Gasteiger partial charge in [-0.25, -0.2) is 4.79 Å². The molecule has 3 aromatic rings. The number of nitrogens with zero attached hydrogens (tertiary/aromatic N) is 4. The van der Waals surface area contributed by atoms with Crippen LogP contribution in [0.3, 0.4) is 0 Å². The Bertz CT molecular complexity index is 946. The van der Waals surface area contributed by atoms with Gasteiger partial charge in [-0.1, -0.05) is 39.0 Å². The second-order valence-electron chi connectivity index (χ2n) is 6.96. The van der Waals surface area contributed by atoms with Crippen LogP contribution in [0.1, 0.15) is 45.4 Å². The smallest absolute Gasteiger partial charge is 0.412 e. The molecular weight excluding hydrogens is 384 g/mol. The number of phenolic OH excluding ortho intramolecular Hbond substituents is 1. The van der Waals surface area contributed by atoms with Crippen LogP contribution in [-0.2, 0) is 0 Å². The zero-order chi connectivity index (χ0) is 21.2. The second-order valence-corrected chi connectivity index (χ2v) is 6.96. The Morgan fingerprint density at radius 3 is 2.70 bits per heavy atom. The van der Waals surface area contributed by atoms with E-state index in [2.05, 4.69) is 37.8 Å². The number of amides is 1. The van der Waals surface area contributed by atoms with Crippen LogP contribution in [0.4, 0.5) is 4.79 Å². The maximum absolute atomic E-state index is 12.1. The standard InChI is InChI=1S/C21H26N6O3/c1-2-3-4-5-6-7-10-23-21(29)30-17-8-9-19(28)18(12-17)15-11-16(14-22-13-15)20-24-26-27-25-20/h8-9,11-14,28H,2-7,10H2,1H3,(H,23,29)(H,24,25,26,27). The minimum Gasteiger partial charge on any atom is -0.507 e. The SMILES string of the molecule is CCCCCCCCNC(=O)Oc1ccc(O)c(-c2cncc(-c3nn[nH]n3)c2)c1. The van der Waals surface area contributed by atoms with Crippen LogP contribution in [0.15, 0.2) is 36.7 Å². The Morgan fingerprint density at radius 1 is 1.10 bits per heavy atom. The predicted molar refractivity (Wildman–Crippen MR) is 112 cm³/mol. The first kappa shape index (κ1) is 21.2. The largest absolute Gasteiger partial charge is 0.507 e. The quantitative estimate of drug-likeness (QED) is 0.430. The van der Waals surface area contributed by atoms with Crippen molar-refractivity contribution < 1.29 is 14.6 Å². The van der Waals surface area contributed by atoms with Crippen molar-refractivity contribution in [2.75, 3.05) is 6.54 Å². The van der Waals surface area contributed by atoms with Crippen LogP contribution in [0.2, 0.25) is 0 Å². The predicted octanol–water partition coefficient (Wildman–Crippen LogP) is 4.08. The van der Waals surface area contributed by atoms with Gasteiger partial charge in [0.2, 0.25) is 5.82 Å². The van der Waals surface area contributed by atoms with Crippen molar-refractivity contribution in [2.24, 2.45) is 0 Å². The van der Waals surface area contributed by atoms with E-state index >= 15 is 0 Å². The maximum Gasteiger partial charge on any atom is 0.412 e. The lowest BCUT2D eigenvalue weighted by atomic mass is 10.0. The fourth-order valence-corrected chi connectivity index (χ4v) is 3.04. The molecule has 0 fully saturated rings. The minimum absolute atomic E-state index is 0.0434. The number of aromatic hydroxyl groups is 1. The van der Waals surface area contributed by atoms with E-state index in [9.17, 15) is 9.90 Å². The minimum atomic E-state index is -0.515. The molecule has 158 valence electrons. The van der Waals surface area contributed by atoms with E-state index in [-0.39, 0.29) is 5.75 Å². The van der Waals surface area contributed by atoms with Gasteiger partial charge < -0.3 is 15.2 Å². The molecule has 0 unspecified atom stereocenters. The van der Waals surface area contributed by atoms with E-state index in [1.165, 1.54) is 31.7 Å². The van der Waals surface area contributed by atoms with Gasteiger partial charge in [-0.3, -0.25) is 4.98 Å². The van der Waals surface area contributed by atoms with Gasteiger partial charge in [-0.2, -0.15) is 5.21 Å². The molecule has 0 saturated heterocycles. The van der Waals surface area contributed by atoms with Crippen molar-refractivity contribution in [3.05, 3.63) is 36.7 Å². The number of unbranched alkanes of at least 4 members (excludes halogenated alkanes) is 5. The number of benzene rings is 1. The fourth-order valence-electron chi connectivity index (χ4n) is 3.04. The number of nitrogens with one attached hydrogen (secondary N) is 2. The molecule has 0 aliphatic heterocycles. The van der Waals surface area contributed by atoms with Crippen LogP contribution in [-0.4, -0.2) is 43.4 Å². The number of carbonyl (C=O) groups is 1. The van der Waals surface area contributed by atoms with E-state index in [1.54, 1.807) is 30.6 Å². The lowest BCUT2D eigenvalue weighted by Gasteiger charge is -2.10. The van der Waals surface area contributed by atoms with E-state index in [0.717, 1.165) is 12.8 Å². The molecule has 30 heavy (non-hydrogen) atoms. The van der Waals surface area contributed by atoms with E-state index in [1.807, 2.05) is 0 Å². The third-order valence-corrected chi connectivity index (χ3v) is 4.63. The fraction of sp³-hybridized carbons (Fsp3) is 0.381. The highest BCUT2D eigenvalue weighted by Gasteiger charge is 2.12. The Kier molecular flexibility index (Phi) is 7.71. The molecule has 0 spiro atoms. The summed E-state index contributed by atoms with van der Waals surface area (Å²) >= 11 is 0. The topological polar surface area (TPSA) is 126 Å². The van der Waals surface area contributed by atoms with E-state index in [4.69, 9.17) is 4.74 Å². The normalized spacial score (nSPS) is 10.7. The van der Waals surface area contributed by atoms with Crippen molar-refractivity contribution in [1.29, 1.82) is 0 Å². The second kappa shape index (κ2) is 10.9. The van der Waals surface area contributed by atoms with Crippen molar-refractivity contribution >= 4 is 6.09 Å². The Morgan fingerprint density at radius 2 is 1.90 bits per heavy atom. The zero-order valence-electron chi connectivity index (χ0n) is 17.0. The molecule has 3 N–H and O–H groups in total. The monoisotopic (exact) mass is 410 g/mol. The lowest BCUT2D eigenvalue weighted by molar-refractivity contribution is 0.200. The molecule has 0 radical (unpaired) electrons. The van der Waals surface area contributed by atoms with Crippen LogP contribution >= 0.6 is 0 Å². The molecule has 9 heteroatoms. The number of aromatic amines is 1. The number of tetrazole rings is 1. The first-order valence-electron chi connectivity index (χ1n) is 10.2.